The van der Waals surface area contributed by atoms with E-state index in [2.05, 4.69) is 15.2 Å². The van der Waals surface area contributed by atoms with Crippen molar-refractivity contribution in [3.63, 3.8) is 0 Å². The summed E-state index contributed by atoms with van der Waals surface area (Å²) in [7, 11) is 0. The van der Waals surface area contributed by atoms with Gasteiger partial charge < -0.3 is 5.11 Å². The molecule has 0 unspecified atom stereocenters. The van der Waals surface area contributed by atoms with Crippen molar-refractivity contribution in [2.24, 2.45) is 0 Å². The van der Waals surface area contributed by atoms with Gasteiger partial charge in [0.25, 0.3) is 0 Å². The van der Waals surface area contributed by atoms with Gasteiger partial charge in [0.1, 0.15) is 5.03 Å². The number of carbonyl (C=O) groups is 1. The predicted octanol–water partition coefficient (Wildman–Crippen LogP) is 1.88. The van der Waals surface area contributed by atoms with E-state index in [0.29, 0.717) is 16.7 Å². The molecule has 20 heavy (non-hydrogen) atoms. The lowest BCUT2D eigenvalue weighted by molar-refractivity contribution is 0.0696. The first-order valence-electron chi connectivity index (χ1n) is 5.75. The van der Waals surface area contributed by atoms with E-state index < -0.39 is 5.97 Å². The van der Waals surface area contributed by atoms with Gasteiger partial charge in [0.05, 0.1) is 10.6 Å². The van der Waals surface area contributed by atoms with Crippen molar-refractivity contribution in [1.29, 1.82) is 0 Å². The zero-order valence-corrected chi connectivity index (χ0v) is 12.0. The van der Waals surface area contributed by atoms with Crippen LogP contribution in [-0.2, 0) is 6.54 Å². The van der Waals surface area contributed by atoms with E-state index >= 15 is 0 Å². The van der Waals surface area contributed by atoms with Gasteiger partial charge in [-0.3, -0.25) is 4.57 Å². The number of hydrogen-bond donors (Lipinski definition) is 2. The van der Waals surface area contributed by atoms with E-state index in [-0.39, 0.29) is 16.3 Å². The maximum atomic E-state index is 11.6. The van der Waals surface area contributed by atoms with Crippen molar-refractivity contribution in [2.45, 2.75) is 30.1 Å². The molecule has 2 aromatic rings. The molecule has 0 fully saturated rings. The van der Waals surface area contributed by atoms with E-state index in [4.69, 9.17) is 16.7 Å². The van der Waals surface area contributed by atoms with E-state index in [0.717, 1.165) is 18.2 Å². The molecule has 0 atom stereocenters. The predicted molar refractivity (Wildman–Crippen MR) is 73.5 cm³/mol. The van der Waals surface area contributed by atoms with Gasteiger partial charge in [-0.2, -0.15) is 0 Å². The molecule has 0 aromatic carbocycles. The molecule has 0 amide bonds. The van der Waals surface area contributed by atoms with Crippen molar-refractivity contribution in [1.82, 2.24) is 19.7 Å². The number of rotatable bonds is 5. The second kappa shape index (κ2) is 6.10. The number of pyridine rings is 1. The van der Waals surface area contributed by atoms with E-state index in [9.17, 15) is 9.59 Å². The third-order valence-corrected chi connectivity index (χ3v) is 3.94. The van der Waals surface area contributed by atoms with Gasteiger partial charge in [-0.1, -0.05) is 18.5 Å². The molecule has 0 bridgehead atoms. The monoisotopic (exact) mass is 314 g/mol. The number of halogens is 1. The Hall–Kier alpha value is -1.80. The summed E-state index contributed by atoms with van der Waals surface area (Å²) < 4.78 is 1.45. The fraction of sp³-hybridized carbons (Fsp3) is 0.273. The number of H-pyrrole nitrogens is 1. The van der Waals surface area contributed by atoms with E-state index in [1.807, 2.05) is 6.92 Å². The Bertz CT molecular complexity index is 697. The lowest BCUT2D eigenvalue weighted by atomic mass is 10.3. The highest BCUT2D eigenvalue weighted by molar-refractivity contribution is 7.99. The third-order valence-electron chi connectivity index (χ3n) is 2.45. The van der Waals surface area contributed by atoms with E-state index in [1.54, 1.807) is 0 Å². The third kappa shape index (κ3) is 2.86. The second-order valence-electron chi connectivity index (χ2n) is 3.85. The first-order chi connectivity index (χ1) is 9.54. The first-order valence-corrected chi connectivity index (χ1v) is 6.95. The van der Waals surface area contributed by atoms with Gasteiger partial charge in [-0.05, 0) is 24.2 Å². The Morgan fingerprint density at radius 2 is 2.35 bits per heavy atom. The van der Waals surface area contributed by atoms with Crippen LogP contribution in [0, 0.1) is 0 Å². The van der Waals surface area contributed by atoms with Crippen LogP contribution in [0.25, 0.3) is 0 Å². The summed E-state index contributed by atoms with van der Waals surface area (Å²) in [4.78, 5) is 26.6. The van der Waals surface area contributed by atoms with Crippen molar-refractivity contribution in [3.05, 3.63) is 33.3 Å². The molecule has 7 nitrogen and oxygen atoms in total. The Labute approximate surface area is 123 Å². The molecule has 0 saturated carbocycles. The van der Waals surface area contributed by atoms with Crippen molar-refractivity contribution >= 4 is 29.3 Å². The van der Waals surface area contributed by atoms with Gasteiger partial charge in [0.2, 0.25) is 0 Å². The summed E-state index contributed by atoms with van der Waals surface area (Å²) in [5.74, 6) is -1.13. The standard InChI is InChI=1S/C11H11ClN4O3S/c1-2-5-16-10(19)14-15-11(16)20-8-7(12)6(9(17)18)3-4-13-8/h3-4H,2,5H2,1H3,(H,14,19)(H,17,18). The topological polar surface area (TPSA) is 101 Å². The summed E-state index contributed by atoms with van der Waals surface area (Å²) >= 11 is 7.05. The highest BCUT2D eigenvalue weighted by atomic mass is 35.5. The summed E-state index contributed by atoms with van der Waals surface area (Å²) in [6, 6.07) is 1.32. The second-order valence-corrected chi connectivity index (χ2v) is 5.18. The molecule has 2 rings (SSSR count). The minimum Gasteiger partial charge on any atom is -0.478 e. The Balaban J connectivity index is 2.38. The van der Waals surface area contributed by atoms with Crippen molar-refractivity contribution < 1.29 is 9.90 Å². The number of carboxylic acid groups (broad SMARTS) is 1. The largest absolute Gasteiger partial charge is 0.478 e. The van der Waals surface area contributed by atoms with Gasteiger partial charge in [-0.25, -0.2) is 19.7 Å². The molecular weight excluding hydrogens is 304 g/mol. The molecular formula is C11H11ClN4O3S. The molecule has 0 spiro atoms. The number of aromatic nitrogens is 4. The molecule has 0 radical (unpaired) electrons. The summed E-state index contributed by atoms with van der Waals surface area (Å²) in [6.07, 6.45) is 2.12. The lowest BCUT2D eigenvalue weighted by Crippen LogP contribution is -2.17. The Kier molecular flexibility index (Phi) is 4.46. The van der Waals surface area contributed by atoms with Gasteiger partial charge in [-0.15, -0.1) is 5.10 Å². The average Bonchev–Trinajstić information content (AvgIpc) is 2.74. The van der Waals surface area contributed by atoms with Crippen molar-refractivity contribution in [2.75, 3.05) is 0 Å². The normalized spacial score (nSPS) is 10.7. The highest BCUT2D eigenvalue weighted by Crippen LogP contribution is 2.31. The van der Waals surface area contributed by atoms with Crippen LogP contribution in [0.5, 0.6) is 0 Å². The maximum absolute atomic E-state index is 11.6. The number of nitrogens with zero attached hydrogens (tertiary/aromatic N) is 3. The molecule has 2 N–H and O–H groups in total. The number of aromatic carboxylic acids is 1. The number of hydrogen-bond acceptors (Lipinski definition) is 5. The quantitative estimate of drug-likeness (QED) is 0.873. The summed E-state index contributed by atoms with van der Waals surface area (Å²) in [5.41, 5.74) is -0.357. The van der Waals surface area contributed by atoms with Crippen LogP contribution in [0.15, 0.2) is 27.2 Å². The average molecular weight is 315 g/mol. The molecule has 0 aliphatic heterocycles. The van der Waals surface area contributed by atoms with Crippen LogP contribution in [0.4, 0.5) is 0 Å². The molecule has 0 saturated heterocycles. The van der Waals surface area contributed by atoms with Crippen LogP contribution in [0.2, 0.25) is 5.02 Å². The number of nitrogens with one attached hydrogen (secondary N) is 1. The summed E-state index contributed by atoms with van der Waals surface area (Å²) in [6.45, 7) is 2.44. The molecule has 0 aliphatic carbocycles. The summed E-state index contributed by atoms with van der Waals surface area (Å²) in [5, 5.41) is 16.0. The Morgan fingerprint density at radius 1 is 1.60 bits per heavy atom. The van der Waals surface area contributed by atoms with Crippen LogP contribution in [0.1, 0.15) is 23.7 Å². The lowest BCUT2D eigenvalue weighted by Gasteiger charge is -2.06. The smallest absolute Gasteiger partial charge is 0.343 e. The maximum Gasteiger partial charge on any atom is 0.343 e. The molecule has 106 valence electrons. The number of carboxylic acids is 1. The minimum atomic E-state index is -1.13. The van der Waals surface area contributed by atoms with Crippen LogP contribution >= 0.6 is 23.4 Å². The van der Waals surface area contributed by atoms with Gasteiger partial charge in [0.15, 0.2) is 5.16 Å². The Morgan fingerprint density at radius 3 is 3.00 bits per heavy atom. The fourth-order valence-electron chi connectivity index (χ4n) is 1.55. The molecule has 9 heteroatoms. The van der Waals surface area contributed by atoms with Gasteiger partial charge in [0, 0.05) is 12.7 Å². The fourth-order valence-corrected chi connectivity index (χ4v) is 2.72. The molecule has 2 heterocycles. The molecule has 2 aromatic heterocycles. The van der Waals surface area contributed by atoms with Crippen molar-refractivity contribution in [3.8, 4) is 0 Å². The highest BCUT2D eigenvalue weighted by Gasteiger charge is 2.17. The molecule has 0 aliphatic rings. The van der Waals surface area contributed by atoms with Crippen LogP contribution in [-0.4, -0.2) is 30.8 Å². The zero-order valence-electron chi connectivity index (χ0n) is 10.5. The van der Waals surface area contributed by atoms with Crippen LogP contribution < -0.4 is 5.69 Å². The first kappa shape index (κ1) is 14.6. The van der Waals surface area contributed by atoms with Crippen LogP contribution in [0.3, 0.4) is 0 Å². The van der Waals surface area contributed by atoms with E-state index in [1.165, 1.54) is 16.8 Å². The number of aromatic amines is 1. The zero-order chi connectivity index (χ0) is 14.7. The van der Waals surface area contributed by atoms with Gasteiger partial charge >= 0.3 is 11.7 Å². The SMILES string of the molecule is CCCn1c(Sc2nccc(C(=O)O)c2Cl)n[nH]c1=O. The minimum absolute atomic E-state index is 0.0310.